The Balaban J connectivity index is 2.22. The van der Waals surface area contributed by atoms with Gasteiger partial charge in [0.1, 0.15) is 0 Å². The molecule has 0 amide bonds. The van der Waals surface area contributed by atoms with Crippen molar-refractivity contribution < 1.29 is 4.57 Å². The summed E-state index contributed by atoms with van der Waals surface area (Å²) in [5, 5.41) is 0. The Labute approximate surface area is 104 Å². The summed E-state index contributed by atoms with van der Waals surface area (Å²) in [4.78, 5) is 0. The molecule has 0 bridgehead atoms. The maximum atomic E-state index is 2.29. The Morgan fingerprint density at radius 1 is 0.882 bits per heavy atom. The minimum absolute atomic E-state index is 1.16. The predicted octanol–water partition coefficient (Wildman–Crippen LogP) is 3.70. The van der Waals surface area contributed by atoms with E-state index in [0.717, 1.165) is 6.42 Å². The van der Waals surface area contributed by atoms with Gasteiger partial charge in [-0.05, 0) is 6.42 Å². The molecule has 0 saturated heterocycles. The second-order valence-electron chi connectivity index (χ2n) is 4.35. The summed E-state index contributed by atoms with van der Waals surface area (Å²) in [6.07, 6.45) is 7.16. The number of unbranched alkanes of at least 4 members (excludes halogenated alkanes) is 2. The molecule has 0 aliphatic rings. The topological polar surface area (TPSA) is 3.88 Å². The van der Waals surface area contributed by atoms with E-state index in [2.05, 4.69) is 66.2 Å². The Morgan fingerprint density at radius 3 is 2.41 bits per heavy atom. The van der Waals surface area contributed by atoms with Crippen molar-refractivity contribution in [3.63, 3.8) is 0 Å². The van der Waals surface area contributed by atoms with Crippen molar-refractivity contribution in [3.8, 4) is 5.69 Å². The number of hydrogen-bond donors (Lipinski definition) is 0. The van der Waals surface area contributed by atoms with Crippen LogP contribution in [0.3, 0.4) is 0 Å². The van der Waals surface area contributed by atoms with E-state index in [4.69, 9.17) is 0 Å². The molecule has 0 atom stereocenters. The summed E-state index contributed by atoms with van der Waals surface area (Å²) >= 11 is 0. The highest BCUT2D eigenvalue weighted by Crippen LogP contribution is 2.05. The standard InChI is InChI=1S/C16H20N/c1-2-3-5-10-15-13-8-9-14-17(15)16-11-6-4-7-12-16/h4,6-9,11-14H,2-3,5,10H2,1H3/q+1. The van der Waals surface area contributed by atoms with E-state index in [1.807, 2.05) is 0 Å². The Kier molecular flexibility index (Phi) is 4.31. The first-order valence-corrected chi connectivity index (χ1v) is 6.47. The number of hydrogen-bond acceptors (Lipinski definition) is 0. The van der Waals surface area contributed by atoms with Gasteiger partial charge in [0.15, 0.2) is 11.9 Å². The number of aryl methyl sites for hydroxylation is 1. The molecule has 0 saturated carbocycles. The fourth-order valence-corrected chi connectivity index (χ4v) is 2.08. The highest BCUT2D eigenvalue weighted by atomic mass is 15.0. The normalized spacial score (nSPS) is 10.4. The Bertz CT molecular complexity index is 448. The van der Waals surface area contributed by atoms with Crippen LogP contribution in [0.25, 0.3) is 5.69 Å². The van der Waals surface area contributed by atoms with Gasteiger partial charge in [-0.1, -0.05) is 44.0 Å². The second-order valence-corrected chi connectivity index (χ2v) is 4.35. The van der Waals surface area contributed by atoms with Crippen LogP contribution in [0.5, 0.6) is 0 Å². The number of aromatic nitrogens is 1. The van der Waals surface area contributed by atoms with Gasteiger partial charge < -0.3 is 0 Å². The summed E-state index contributed by atoms with van der Waals surface area (Å²) in [6, 6.07) is 17.0. The van der Waals surface area contributed by atoms with Crippen molar-refractivity contribution in [2.75, 3.05) is 0 Å². The zero-order valence-electron chi connectivity index (χ0n) is 10.5. The van der Waals surface area contributed by atoms with Gasteiger partial charge in [-0.3, -0.25) is 0 Å². The molecule has 0 radical (unpaired) electrons. The third-order valence-corrected chi connectivity index (χ3v) is 3.02. The minimum atomic E-state index is 1.16. The van der Waals surface area contributed by atoms with Gasteiger partial charge >= 0.3 is 0 Å². The molecule has 1 aromatic heterocycles. The molecule has 2 aromatic rings. The molecule has 1 nitrogen and oxygen atoms in total. The van der Waals surface area contributed by atoms with Crippen LogP contribution in [0.15, 0.2) is 54.7 Å². The van der Waals surface area contributed by atoms with Gasteiger partial charge in [0, 0.05) is 30.7 Å². The van der Waals surface area contributed by atoms with E-state index in [-0.39, 0.29) is 0 Å². The van der Waals surface area contributed by atoms with E-state index < -0.39 is 0 Å². The third kappa shape index (κ3) is 3.16. The quantitative estimate of drug-likeness (QED) is 0.540. The summed E-state index contributed by atoms with van der Waals surface area (Å²) in [5.74, 6) is 0. The summed E-state index contributed by atoms with van der Waals surface area (Å²) in [5.41, 5.74) is 2.65. The molecule has 0 unspecified atom stereocenters. The summed E-state index contributed by atoms with van der Waals surface area (Å²) < 4.78 is 2.29. The van der Waals surface area contributed by atoms with E-state index >= 15 is 0 Å². The molecule has 88 valence electrons. The highest BCUT2D eigenvalue weighted by molar-refractivity contribution is 5.22. The van der Waals surface area contributed by atoms with Gasteiger partial charge in [-0.2, -0.15) is 4.57 Å². The number of para-hydroxylation sites is 1. The number of rotatable bonds is 5. The lowest BCUT2D eigenvalue weighted by Crippen LogP contribution is -2.34. The highest BCUT2D eigenvalue weighted by Gasteiger charge is 2.11. The second kappa shape index (κ2) is 6.19. The average Bonchev–Trinajstić information content (AvgIpc) is 2.41. The molecule has 17 heavy (non-hydrogen) atoms. The SMILES string of the molecule is CCCCCc1cccc[n+]1-c1ccccc1. The van der Waals surface area contributed by atoms with Crippen molar-refractivity contribution in [3.05, 3.63) is 60.4 Å². The molecule has 2 rings (SSSR count). The molecule has 0 aliphatic carbocycles. The smallest absolute Gasteiger partial charge is 0.165 e. The molecule has 1 heterocycles. The van der Waals surface area contributed by atoms with Crippen LogP contribution >= 0.6 is 0 Å². The molecule has 0 aliphatic heterocycles. The fourth-order valence-electron chi connectivity index (χ4n) is 2.08. The predicted molar refractivity (Wildman–Crippen MR) is 71.2 cm³/mol. The largest absolute Gasteiger partial charge is 0.210 e. The lowest BCUT2D eigenvalue weighted by atomic mass is 10.1. The van der Waals surface area contributed by atoms with Crippen molar-refractivity contribution in [1.82, 2.24) is 0 Å². The van der Waals surface area contributed by atoms with Gasteiger partial charge in [0.25, 0.3) is 0 Å². The average molecular weight is 226 g/mol. The zero-order valence-corrected chi connectivity index (χ0v) is 10.5. The summed E-state index contributed by atoms with van der Waals surface area (Å²) in [7, 11) is 0. The molecule has 1 aromatic carbocycles. The van der Waals surface area contributed by atoms with Gasteiger partial charge in [-0.15, -0.1) is 0 Å². The van der Waals surface area contributed by atoms with Crippen molar-refractivity contribution >= 4 is 0 Å². The van der Waals surface area contributed by atoms with Crippen LogP contribution in [-0.2, 0) is 6.42 Å². The van der Waals surface area contributed by atoms with Gasteiger partial charge in [0.05, 0.1) is 0 Å². The lowest BCUT2D eigenvalue weighted by molar-refractivity contribution is -0.604. The van der Waals surface area contributed by atoms with Crippen molar-refractivity contribution in [2.24, 2.45) is 0 Å². The van der Waals surface area contributed by atoms with E-state index in [0.29, 0.717) is 0 Å². The molecule has 0 N–H and O–H groups in total. The molecule has 0 spiro atoms. The number of benzene rings is 1. The summed E-state index contributed by atoms with van der Waals surface area (Å²) in [6.45, 7) is 2.25. The van der Waals surface area contributed by atoms with Crippen molar-refractivity contribution in [1.29, 1.82) is 0 Å². The molecule has 1 heteroatoms. The molecule has 0 fully saturated rings. The van der Waals surface area contributed by atoms with Crippen LogP contribution in [0.1, 0.15) is 31.9 Å². The van der Waals surface area contributed by atoms with Crippen LogP contribution in [-0.4, -0.2) is 0 Å². The fraction of sp³-hybridized carbons (Fsp3) is 0.312. The van der Waals surface area contributed by atoms with Crippen molar-refractivity contribution in [2.45, 2.75) is 32.6 Å². The van der Waals surface area contributed by atoms with Crippen LogP contribution in [0.4, 0.5) is 0 Å². The molecular formula is C16H20N+. The van der Waals surface area contributed by atoms with Crippen LogP contribution in [0.2, 0.25) is 0 Å². The maximum Gasteiger partial charge on any atom is 0.210 e. The van der Waals surface area contributed by atoms with Gasteiger partial charge in [-0.25, -0.2) is 0 Å². The van der Waals surface area contributed by atoms with Crippen LogP contribution in [0, 0.1) is 0 Å². The first-order chi connectivity index (χ1) is 8.42. The Hall–Kier alpha value is -1.63. The van der Waals surface area contributed by atoms with E-state index in [1.54, 1.807) is 0 Å². The first-order valence-electron chi connectivity index (χ1n) is 6.47. The lowest BCUT2D eigenvalue weighted by Gasteiger charge is -2.02. The Morgan fingerprint density at radius 2 is 1.65 bits per heavy atom. The van der Waals surface area contributed by atoms with Gasteiger partial charge in [0.2, 0.25) is 5.69 Å². The minimum Gasteiger partial charge on any atom is -0.165 e. The monoisotopic (exact) mass is 226 g/mol. The maximum absolute atomic E-state index is 2.29. The van der Waals surface area contributed by atoms with E-state index in [1.165, 1.54) is 30.6 Å². The van der Waals surface area contributed by atoms with Crippen LogP contribution < -0.4 is 4.57 Å². The number of nitrogens with zero attached hydrogens (tertiary/aromatic N) is 1. The molecular weight excluding hydrogens is 206 g/mol. The number of pyridine rings is 1. The zero-order chi connectivity index (χ0) is 11.9. The third-order valence-electron chi connectivity index (χ3n) is 3.02. The first kappa shape index (κ1) is 11.8. The van der Waals surface area contributed by atoms with E-state index in [9.17, 15) is 0 Å².